The number of ether oxygens (including phenoxy) is 1. The Hall–Kier alpha value is -2.50. The van der Waals surface area contributed by atoms with Crippen LogP contribution in [0.3, 0.4) is 0 Å². The highest BCUT2D eigenvalue weighted by Gasteiger charge is 2.37. The number of aromatic nitrogens is 1. The van der Waals surface area contributed by atoms with Gasteiger partial charge < -0.3 is 19.9 Å². The first kappa shape index (κ1) is 26.1. The molecule has 0 bridgehead atoms. The summed E-state index contributed by atoms with van der Waals surface area (Å²) in [5.74, 6) is 1.07. The maximum absolute atomic E-state index is 13.3. The molecule has 188 valence electrons. The summed E-state index contributed by atoms with van der Waals surface area (Å²) in [5.41, 5.74) is 4.85. The minimum atomic E-state index is -0.389. The molecule has 4 rings (SSSR count). The normalized spacial score (nSPS) is 18.8. The molecule has 2 amide bonds. The molecule has 6 nitrogen and oxygen atoms in total. The molecule has 0 radical (unpaired) electrons. The van der Waals surface area contributed by atoms with E-state index in [2.05, 4.69) is 54.2 Å². The van der Waals surface area contributed by atoms with Crippen molar-refractivity contribution in [3.05, 3.63) is 35.0 Å². The van der Waals surface area contributed by atoms with Crippen molar-refractivity contribution in [1.82, 2.24) is 15.2 Å². The summed E-state index contributed by atoms with van der Waals surface area (Å²) in [6.07, 6.45) is 6.48. The molecule has 2 aliphatic rings. The molecule has 1 atom stereocenters. The van der Waals surface area contributed by atoms with Gasteiger partial charge >= 0.3 is 6.09 Å². The third kappa shape index (κ3) is 6.13. The maximum atomic E-state index is 13.3. The lowest BCUT2D eigenvalue weighted by atomic mass is 9.85. The Kier molecular flexibility index (Phi) is 8.32. The molecule has 2 N–H and O–H groups in total. The second kappa shape index (κ2) is 10.8. The van der Waals surface area contributed by atoms with E-state index in [4.69, 9.17) is 4.74 Å². The van der Waals surface area contributed by atoms with Crippen molar-refractivity contribution in [2.45, 2.75) is 91.7 Å². The second-order valence-electron chi connectivity index (χ2n) is 11.1. The van der Waals surface area contributed by atoms with Gasteiger partial charge in [0.15, 0.2) is 0 Å². The van der Waals surface area contributed by atoms with Crippen LogP contribution in [0.25, 0.3) is 10.9 Å². The van der Waals surface area contributed by atoms with Gasteiger partial charge in [0.2, 0.25) is 5.91 Å². The monoisotopic (exact) mass is 469 g/mol. The largest absolute Gasteiger partial charge is 0.444 e. The lowest BCUT2D eigenvalue weighted by Crippen LogP contribution is -2.45. The number of aryl methyl sites for hydroxylation is 1. The summed E-state index contributed by atoms with van der Waals surface area (Å²) in [6, 6.07) is 6.83. The van der Waals surface area contributed by atoms with Crippen LogP contribution in [0.4, 0.5) is 4.79 Å². The van der Waals surface area contributed by atoms with Gasteiger partial charge in [-0.3, -0.25) is 4.79 Å². The average molecular weight is 470 g/mol. The van der Waals surface area contributed by atoms with Crippen LogP contribution in [0.5, 0.6) is 0 Å². The molecule has 1 unspecified atom stereocenters. The summed E-state index contributed by atoms with van der Waals surface area (Å²) in [4.78, 5) is 29.6. The fourth-order valence-corrected chi connectivity index (χ4v) is 5.29. The third-order valence-electron chi connectivity index (χ3n) is 6.80. The van der Waals surface area contributed by atoms with Crippen molar-refractivity contribution < 1.29 is 14.3 Å². The van der Waals surface area contributed by atoms with Crippen LogP contribution in [0, 0.1) is 18.8 Å². The van der Waals surface area contributed by atoms with Crippen molar-refractivity contribution in [3.8, 4) is 0 Å². The molecule has 34 heavy (non-hydrogen) atoms. The molecule has 1 aliphatic heterocycles. The van der Waals surface area contributed by atoms with E-state index in [1.807, 2.05) is 20.8 Å². The van der Waals surface area contributed by atoms with Gasteiger partial charge in [0.1, 0.15) is 5.60 Å². The van der Waals surface area contributed by atoms with E-state index < -0.39 is 0 Å². The lowest BCUT2D eigenvalue weighted by Gasteiger charge is -2.40. The Balaban J connectivity index is 0.000000309. The molecule has 1 fully saturated rings. The van der Waals surface area contributed by atoms with E-state index in [9.17, 15) is 9.59 Å². The molecular weight excluding hydrogens is 426 g/mol. The lowest BCUT2D eigenvalue weighted by molar-refractivity contribution is -0.140. The van der Waals surface area contributed by atoms with Gasteiger partial charge in [0.05, 0.1) is 6.04 Å². The Labute approximate surface area is 204 Å². The number of nitrogens with one attached hydrogen (secondary N) is 2. The molecule has 0 spiro atoms. The quantitative estimate of drug-likeness (QED) is 0.544. The summed E-state index contributed by atoms with van der Waals surface area (Å²) < 4.78 is 4.84. The van der Waals surface area contributed by atoms with Crippen LogP contribution in [-0.4, -0.2) is 41.1 Å². The highest BCUT2D eigenvalue weighted by molar-refractivity contribution is 5.87. The summed E-state index contributed by atoms with van der Waals surface area (Å²) in [5, 5.41) is 3.71. The van der Waals surface area contributed by atoms with Gasteiger partial charge in [0, 0.05) is 36.1 Å². The third-order valence-corrected chi connectivity index (χ3v) is 6.80. The summed E-state index contributed by atoms with van der Waals surface area (Å²) in [6.45, 7) is 13.0. The highest BCUT2D eigenvalue weighted by Crippen LogP contribution is 2.40. The number of carbonyl (C=O) groups is 2. The number of aromatic amines is 1. The Bertz CT molecular complexity index is 996. The van der Waals surface area contributed by atoms with Crippen LogP contribution in [-0.2, 0) is 16.0 Å². The fraction of sp³-hybridized carbons (Fsp3) is 0.643. The molecule has 1 aromatic carbocycles. The van der Waals surface area contributed by atoms with Crippen LogP contribution in [0.1, 0.15) is 89.6 Å². The Morgan fingerprint density at radius 2 is 1.82 bits per heavy atom. The molecule has 2 heterocycles. The molecule has 1 saturated carbocycles. The number of fused-ring (bicyclic) bond motifs is 3. The molecule has 1 aliphatic carbocycles. The van der Waals surface area contributed by atoms with E-state index in [1.165, 1.54) is 54.0 Å². The minimum Gasteiger partial charge on any atom is -0.444 e. The number of hydrogen-bond acceptors (Lipinski definition) is 3. The number of hydrogen-bond donors (Lipinski definition) is 2. The number of H-pyrrole nitrogens is 1. The second-order valence-corrected chi connectivity index (χ2v) is 11.1. The van der Waals surface area contributed by atoms with E-state index in [0.29, 0.717) is 11.8 Å². The first-order valence-electron chi connectivity index (χ1n) is 12.8. The van der Waals surface area contributed by atoms with Gasteiger partial charge in [-0.2, -0.15) is 0 Å². The van der Waals surface area contributed by atoms with Crippen molar-refractivity contribution in [2.24, 2.45) is 11.8 Å². The predicted molar refractivity (Wildman–Crippen MR) is 138 cm³/mol. The number of alkyl carbamates (subject to hydrolysis) is 1. The van der Waals surface area contributed by atoms with Gasteiger partial charge in [-0.15, -0.1) is 0 Å². The van der Waals surface area contributed by atoms with Crippen molar-refractivity contribution in [1.29, 1.82) is 0 Å². The van der Waals surface area contributed by atoms with Crippen LogP contribution < -0.4 is 5.32 Å². The molecule has 2 aromatic rings. The summed E-state index contributed by atoms with van der Waals surface area (Å²) in [7, 11) is 1.54. The van der Waals surface area contributed by atoms with Crippen molar-refractivity contribution in [2.75, 3.05) is 13.6 Å². The zero-order valence-corrected chi connectivity index (χ0v) is 22.1. The number of nitrogens with zero attached hydrogens (tertiary/aromatic N) is 1. The van der Waals surface area contributed by atoms with E-state index in [1.54, 1.807) is 0 Å². The Morgan fingerprint density at radius 1 is 1.15 bits per heavy atom. The highest BCUT2D eigenvalue weighted by atomic mass is 16.6. The molecular formula is C28H43N3O3. The van der Waals surface area contributed by atoms with Crippen LogP contribution >= 0.6 is 0 Å². The smallest absolute Gasteiger partial charge is 0.407 e. The SMILES string of the molecule is CNC(=O)OC(C)(C)C.Cc1ccc2[nH]c3c(c2c1)CCN(C(=O)C1CCCCC1)C3C(C)C. The van der Waals surface area contributed by atoms with Crippen LogP contribution in [0.2, 0.25) is 0 Å². The van der Waals surface area contributed by atoms with Gasteiger partial charge in [-0.25, -0.2) is 4.79 Å². The zero-order valence-electron chi connectivity index (χ0n) is 22.1. The zero-order chi connectivity index (χ0) is 25.0. The van der Waals surface area contributed by atoms with E-state index in [0.717, 1.165) is 25.8 Å². The van der Waals surface area contributed by atoms with Gasteiger partial charge in [-0.05, 0) is 70.6 Å². The Morgan fingerprint density at radius 3 is 2.38 bits per heavy atom. The number of carbonyl (C=O) groups excluding carboxylic acids is 2. The van der Waals surface area contributed by atoms with Gasteiger partial charge in [-0.1, -0.05) is 44.7 Å². The van der Waals surface area contributed by atoms with Gasteiger partial charge in [0.25, 0.3) is 0 Å². The van der Waals surface area contributed by atoms with Crippen LogP contribution in [0.15, 0.2) is 18.2 Å². The van der Waals surface area contributed by atoms with E-state index >= 15 is 0 Å². The van der Waals surface area contributed by atoms with E-state index in [-0.39, 0.29) is 23.7 Å². The van der Waals surface area contributed by atoms with Crippen molar-refractivity contribution >= 4 is 22.9 Å². The average Bonchev–Trinajstić information content (AvgIpc) is 3.15. The standard InChI is InChI=1S/C22H30N2O.C6H13NO2/c1-14(2)21-20-17(18-13-15(3)9-10-19(18)23-20)11-12-24(21)22(25)16-7-5-4-6-8-16;1-6(2,3)9-5(8)7-4/h9-10,13-14,16,21,23H,4-8,11-12H2,1-3H3;1-4H3,(H,7,8). The maximum Gasteiger partial charge on any atom is 0.407 e. The summed E-state index contributed by atoms with van der Waals surface area (Å²) >= 11 is 0. The minimum absolute atomic E-state index is 0.186. The number of benzene rings is 1. The first-order valence-corrected chi connectivity index (χ1v) is 12.8. The number of rotatable bonds is 2. The molecule has 6 heteroatoms. The topological polar surface area (TPSA) is 74.4 Å². The predicted octanol–water partition coefficient (Wildman–Crippen LogP) is 6.28. The number of amides is 2. The van der Waals surface area contributed by atoms with Crippen molar-refractivity contribution in [3.63, 3.8) is 0 Å². The first-order chi connectivity index (χ1) is 16.0. The molecule has 0 saturated heterocycles. The fourth-order valence-electron chi connectivity index (χ4n) is 5.29. The molecule has 1 aromatic heterocycles.